The minimum atomic E-state index is -0.824. The van der Waals surface area contributed by atoms with Crippen LogP contribution < -0.4 is 0 Å². The zero-order chi connectivity index (χ0) is 31.0. The van der Waals surface area contributed by atoms with E-state index in [9.17, 15) is 27.2 Å². The third-order valence-corrected chi connectivity index (χ3v) is 6.53. The van der Waals surface area contributed by atoms with Gasteiger partial charge in [0.1, 0.15) is 0 Å². The topological polar surface area (TPSA) is 74.6 Å². The first-order valence-electron chi connectivity index (χ1n) is 14.9. The third-order valence-electron chi connectivity index (χ3n) is 6.53. The Balaban J connectivity index is 0.000000420. The van der Waals surface area contributed by atoms with Gasteiger partial charge in [0, 0.05) is 12.8 Å². The van der Waals surface area contributed by atoms with E-state index >= 15 is 0 Å². The van der Waals surface area contributed by atoms with E-state index in [1.807, 2.05) is 12.2 Å². The van der Waals surface area contributed by atoms with Crippen LogP contribution >= 0.6 is 0 Å². The molecule has 0 unspecified atom stereocenters. The summed E-state index contributed by atoms with van der Waals surface area (Å²) < 4.78 is 51.4. The Morgan fingerprint density at radius 1 is 0.500 bits per heavy atom. The van der Waals surface area contributed by atoms with Gasteiger partial charge in [-0.3, -0.25) is 9.59 Å². The Hall–Kier alpha value is -3.42. The highest BCUT2D eigenvalue weighted by Crippen LogP contribution is 2.14. The summed E-state index contributed by atoms with van der Waals surface area (Å²) in [5.74, 6) is -4.74. The highest BCUT2D eigenvalue weighted by Gasteiger charge is 2.01. The van der Waals surface area contributed by atoms with Crippen molar-refractivity contribution >= 4 is 24.1 Å². The van der Waals surface area contributed by atoms with Crippen molar-refractivity contribution < 1.29 is 37.4 Å². The van der Waals surface area contributed by atoms with Gasteiger partial charge in [-0.25, -0.2) is 17.6 Å². The number of hydrogen-bond donors (Lipinski definition) is 2. The van der Waals surface area contributed by atoms with Gasteiger partial charge in [0.05, 0.1) is 0 Å². The summed E-state index contributed by atoms with van der Waals surface area (Å²) in [6.45, 7) is 0. The molecule has 4 nitrogen and oxygen atoms in total. The standard InChI is InChI=1S/2C17H22F2O2/c2*18-15-12-11-14(13-16(15)19)9-7-5-3-1-2-4-6-8-10-17(20)21/h2*7,9,11-13H,1-6,8,10H2,(H,20,21)/b9-7+;9-7-. The van der Waals surface area contributed by atoms with E-state index in [0.717, 1.165) is 102 Å². The molecule has 0 bridgehead atoms. The predicted octanol–water partition coefficient (Wildman–Crippen LogP) is 10.4. The van der Waals surface area contributed by atoms with Crippen LogP contribution in [0.2, 0.25) is 0 Å². The predicted molar refractivity (Wildman–Crippen MR) is 160 cm³/mol. The molecule has 0 aromatic heterocycles. The van der Waals surface area contributed by atoms with Gasteiger partial charge in [-0.05, 0) is 73.9 Å². The molecule has 0 radical (unpaired) electrons. The molecule has 232 valence electrons. The summed E-state index contributed by atoms with van der Waals surface area (Å²) in [4.78, 5) is 20.6. The zero-order valence-corrected chi connectivity index (χ0v) is 24.3. The Labute approximate surface area is 247 Å². The number of aliphatic carboxylic acids is 2. The lowest BCUT2D eigenvalue weighted by atomic mass is 10.1. The molecule has 0 amide bonds. The first-order valence-corrected chi connectivity index (χ1v) is 14.9. The summed E-state index contributed by atoms with van der Waals surface area (Å²) >= 11 is 0. The molecule has 8 heteroatoms. The quantitative estimate of drug-likeness (QED) is 0.118. The first-order chi connectivity index (χ1) is 20.2. The minimum absolute atomic E-state index is 0.261. The number of allylic oxidation sites excluding steroid dienone is 2. The maximum atomic E-state index is 13.0. The number of hydrogen-bond acceptors (Lipinski definition) is 2. The average Bonchev–Trinajstić information content (AvgIpc) is 2.94. The second-order valence-electron chi connectivity index (χ2n) is 10.3. The molecule has 0 heterocycles. The fraction of sp³-hybridized carbons (Fsp3) is 0.471. The van der Waals surface area contributed by atoms with Crippen LogP contribution in [0.15, 0.2) is 48.6 Å². The third kappa shape index (κ3) is 19.6. The van der Waals surface area contributed by atoms with Crippen LogP contribution in [-0.4, -0.2) is 22.2 Å². The van der Waals surface area contributed by atoms with Gasteiger partial charge < -0.3 is 10.2 Å². The maximum absolute atomic E-state index is 13.0. The fourth-order valence-electron chi connectivity index (χ4n) is 4.16. The van der Waals surface area contributed by atoms with Gasteiger partial charge in [-0.15, -0.1) is 0 Å². The lowest BCUT2D eigenvalue weighted by molar-refractivity contribution is -0.138. The Bertz CT molecular complexity index is 1030. The summed E-state index contributed by atoms with van der Waals surface area (Å²) in [5, 5.41) is 17.0. The van der Waals surface area contributed by atoms with Crippen molar-refractivity contribution in [2.75, 3.05) is 0 Å². The molecule has 2 aromatic rings. The Morgan fingerprint density at radius 3 is 1.17 bits per heavy atom. The van der Waals surface area contributed by atoms with Crippen LogP contribution in [0.4, 0.5) is 17.6 Å². The van der Waals surface area contributed by atoms with Crippen molar-refractivity contribution in [3.63, 3.8) is 0 Å². The largest absolute Gasteiger partial charge is 0.481 e. The van der Waals surface area contributed by atoms with Gasteiger partial charge in [0.25, 0.3) is 0 Å². The molecule has 0 aliphatic rings. The molecule has 2 aromatic carbocycles. The molecule has 0 aliphatic heterocycles. The van der Waals surface area contributed by atoms with E-state index in [1.54, 1.807) is 24.3 Å². The van der Waals surface area contributed by atoms with Gasteiger partial charge in [0.15, 0.2) is 23.3 Å². The molecule has 42 heavy (non-hydrogen) atoms. The molecule has 0 fully saturated rings. The van der Waals surface area contributed by atoms with Crippen LogP contribution in [0.3, 0.4) is 0 Å². The number of rotatable bonds is 20. The monoisotopic (exact) mass is 592 g/mol. The van der Waals surface area contributed by atoms with E-state index < -0.39 is 35.2 Å². The molecule has 0 saturated heterocycles. The number of carboxylic acid groups (broad SMARTS) is 2. The highest BCUT2D eigenvalue weighted by atomic mass is 19.2. The molecule has 0 atom stereocenters. The maximum Gasteiger partial charge on any atom is 0.303 e. The SMILES string of the molecule is O=C(O)CCCCCCCC/C=C/c1ccc(F)c(F)c1.O=C(O)CCCCCCCC/C=C\c1ccc(F)c(F)c1. The minimum Gasteiger partial charge on any atom is -0.481 e. The van der Waals surface area contributed by atoms with E-state index in [2.05, 4.69) is 0 Å². The smallest absolute Gasteiger partial charge is 0.303 e. The Morgan fingerprint density at radius 2 is 0.833 bits per heavy atom. The molecule has 0 aliphatic carbocycles. The van der Waals surface area contributed by atoms with E-state index in [-0.39, 0.29) is 12.8 Å². The van der Waals surface area contributed by atoms with Crippen LogP contribution in [0, 0.1) is 23.3 Å². The van der Waals surface area contributed by atoms with Crippen LogP contribution in [-0.2, 0) is 9.59 Å². The summed E-state index contributed by atoms with van der Waals surface area (Å²) in [7, 11) is 0. The lowest BCUT2D eigenvalue weighted by Crippen LogP contribution is -1.93. The van der Waals surface area contributed by atoms with Crippen molar-refractivity contribution in [3.05, 3.63) is 82.9 Å². The normalized spacial score (nSPS) is 11.1. The zero-order valence-electron chi connectivity index (χ0n) is 24.3. The highest BCUT2D eigenvalue weighted by molar-refractivity contribution is 5.66. The van der Waals surface area contributed by atoms with Crippen LogP contribution in [0.1, 0.15) is 114 Å². The molecule has 0 spiro atoms. The molecule has 2 N–H and O–H groups in total. The molecule has 2 rings (SSSR count). The van der Waals surface area contributed by atoms with Crippen molar-refractivity contribution in [2.24, 2.45) is 0 Å². The van der Waals surface area contributed by atoms with Crippen molar-refractivity contribution in [2.45, 2.75) is 103 Å². The van der Waals surface area contributed by atoms with Crippen molar-refractivity contribution in [1.82, 2.24) is 0 Å². The van der Waals surface area contributed by atoms with E-state index in [0.29, 0.717) is 11.1 Å². The average molecular weight is 593 g/mol. The second kappa shape index (κ2) is 23.2. The van der Waals surface area contributed by atoms with E-state index in [4.69, 9.17) is 10.2 Å². The number of unbranched alkanes of at least 4 members (excludes halogenated alkanes) is 12. The van der Waals surface area contributed by atoms with Gasteiger partial charge in [-0.2, -0.15) is 0 Å². The summed E-state index contributed by atoms with van der Waals surface area (Å²) in [5.41, 5.74) is 1.34. The lowest BCUT2D eigenvalue weighted by Gasteiger charge is -1.99. The molecular weight excluding hydrogens is 548 g/mol. The first kappa shape index (κ1) is 36.6. The van der Waals surface area contributed by atoms with Crippen LogP contribution in [0.25, 0.3) is 12.2 Å². The number of carbonyl (C=O) groups is 2. The van der Waals surface area contributed by atoms with Gasteiger partial charge in [-0.1, -0.05) is 87.8 Å². The number of carboxylic acids is 2. The number of benzene rings is 2. The fourth-order valence-corrected chi connectivity index (χ4v) is 4.16. The summed E-state index contributed by atoms with van der Waals surface area (Å²) in [6.07, 6.45) is 22.0. The van der Waals surface area contributed by atoms with Gasteiger partial charge in [0.2, 0.25) is 0 Å². The summed E-state index contributed by atoms with van der Waals surface area (Å²) in [6, 6.07) is 7.75. The molecule has 0 saturated carbocycles. The number of halogens is 4. The van der Waals surface area contributed by atoms with Crippen molar-refractivity contribution in [3.8, 4) is 0 Å². The van der Waals surface area contributed by atoms with Crippen molar-refractivity contribution in [1.29, 1.82) is 0 Å². The Kier molecular flexibility index (Phi) is 20.2. The second-order valence-corrected chi connectivity index (χ2v) is 10.3. The van der Waals surface area contributed by atoms with Gasteiger partial charge >= 0.3 is 11.9 Å². The van der Waals surface area contributed by atoms with E-state index in [1.165, 1.54) is 12.1 Å². The van der Waals surface area contributed by atoms with Crippen LogP contribution in [0.5, 0.6) is 0 Å². The molecular formula is C34H44F4O4.